The molecule has 1 aromatic heterocycles. The maximum Gasteiger partial charge on any atom is 0.305 e. The second-order valence-corrected chi connectivity index (χ2v) is 5.75. The molecule has 0 spiro atoms. The quantitative estimate of drug-likeness (QED) is 0.654. The number of rotatable bonds is 6. The highest BCUT2D eigenvalue weighted by Gasteiger charge is 2.18. The minimum absolute atomic E-state index is 0.0761. The first-order valence-corrected chi connectivity index (χ1v) is 7.23. The summed E-state index contributed by atoms with van der Waals surface area (Å²) < 4.78 is 26.9. The molecule has 21 heavy (non-hydrogen) atoms. The molecule has 1 atom stereocenters. The number of nitro groups is 1. The molecule has 4 nitrogen and oxygen atoms in total. The Labute approximate surface area is 124 Å². The fourth-order valence-corrected chi connectivity index (χ4v) is 2.78. The zero-order valence-corrected chi connectivity index (χ0v) is 12.1. The molecule has 7 heteroatoms. The van der Waals surface area contributed by atoms with Crippen molar-refractivity contribution in [1.82, 2.24) is 5.32 Å². The predicted molar refractivity (Wildman–Crippen MR) is 77.3 cm³/mol. The summed E-state index contributed by atoms with van der Waals surface area (Å²) in [4.78, 5) is 11.0. The number of thiophene rings is 1. The van der Waals surface area contributed by atoms with Gasteiger partial charge < -0.3 is 5.32 Å². The van der Waals surface area contributed by atoms with Crippen LogP contribution in [0.3, 0.4) is 0 Å². The average molecular weight is 312 g/mol. The van der Waals surface area contributed by atoms with Gasteiger partial charge in [0.25, 0.3) is 0 Å². The van der Waals surface area contributed by atoms with Crippen LogP contribution in [0.2, 0.25) is 0 Å². The third kappa shape index (κ3) is 4.05. The number of halogens is 2. The number of nitrogens with zero attached hydrogens (tertiary/aromatic N) is 1. The van der Waals surface area contributed by atoms with Crippen molar-refractivity contribution in [2.24, 2.45) is 0 Å². The van der Waals surface area contributed by atoms with Gasteiger partial charge in [-0.1, -0.05) is 6.07 Å². The summed E-state index contributed by atoms with van der Waals surface area (Å²) in [6.07, 6.45) is 0.780. The molecule has 0 saturated heterocycles. The van der Waals surface area contributed by atoms with Gasteiger partial charge in [-0.25, -0.2) is 4.39 Å². The SMILES string of the molecule is CC(Cc1cccs1)NCc1cc([N+](=O)[O-])c(F)cc1F. The molecule has 1 heterocycles. The monoisotopic (exact) mass is 312 g/mol. The van der Waals surface area contributed by atoms with Gasteiger partial charge in [0.1, 0.15) is 5.82 Å². The molecule has 1 unspecified atom stereocenters. The Hall–Kier alpha value is -1.86. The van der Waals surface area contributed by atoms with Gasteiger partial charge in [0.2, 0.25) is 5.82 Å². The Bertz CT molecular complexity index is 632. The van der Waals surface area contributed by atoms with Crippen molar-refractivity contribution in [2.45, 2.75) is 25.9 Å². The van der Waals surface area contributed by atoms with Crippen LogP contribution in [0, 0.1) is 21.7 Å². The summed E-state index contributed by atoms with van der Waals surface area (Å²) in [5.74, 6) is -1.94. The second-order valence-electron chi connectivity index (χ2n) is 4.72. The highest BCUT2D eigenvalue weighted by molar-refractivity contribution is 7.09. The molecule has 0 radical (unpaired) electrons. The van der Waals surface area contributed by atoms with E-state index in [1.54, 1.807) is 11.3 Å². The summed E-state index contributed by atoms with van der Waals surface area (Å²) in [6, 6.07) is 5.53. The van der Waals surface area contributed by atoms with Crippen LogP contribution in [0.1, 0.15) is 17.4 Å². The lowest BCUT2D eigenvalue weighted by Gasteiger charge is -2.13. The molecule has 0 saturated carbocycles. The zero-order valence-electron chi connectivity index (χ0n) is 11.3. The molecule has 1 N–H and O–H groups in total. The van der Waals surface area contributed by atoms with Gasteiger partial charge in [-0.15, -0.1) is 11.3 Å². The Morgan fingerprint density at radius 2 is 2.14 bits per heavy atom. The van der Waals surface area contributed by atoms with Gasteiger partial charge in [0, 0.05) is 35.2 Å². The first-order valence-electron chi connectivity index (χ1n) is 6.35. The first kappa shape index (κ1) is 15.5. The van der Waals surface area contributed by atoms with Crippen LogP contribution in [0.4, 0.5) is 14.5 Å². The standard InChI is InChI=1S/C14H14F2N2O2S/c1-9(5-11-3-2-4-21-11)17-8-10-6-14(18(19)20)13(16)7-12(10)15/h2-4,6-7,9,17H,5,8H2,1H3. The number of nitro benzene ring substituents is 1. The van der Waals surface area contributed by atoms with Crippen molar-refractivity contribution < 1.29 is 13.7 Å². The minimum Gasteiger partial charge on any atom is -0.310 e. The zero-order chi connectivity index (χ0) is 15.4. The molecule has 2 rings (SSSR count). The third-order valence-corrected chi connectivity index (χ3v) is 3.94. The van der Waals surface area contributed by atoms with Crippen LogP contribution in [-0.4, -0.2) is 11.0 Å². The maximum absolute atomic E-state index is 13.6. The number of hydrogen-bond donors (Lipinski definition) is 1. The molecule has 112 valence electrons. The van der Waals surface area contributed by atoms with Crippen molar-refractivity contribution in [3.05, 3.63) is 61.8 Å². The Morgan fingerprint density at radius 1 is 1.38 bits per heavy atom. The van der Waals surface area contributed by atoms with Gasteiger partial charge >= 0.3 is 5.69 Å². The van der Waals surface area contributed by atoms with E-state index in [2.05, 4.69) is 5.32 Å². The van der Waals surface area contributed by atoms with Gasteiger partial charge in [-0.2, -0.15) is 4.39 Å². The van der Waals surface area contributed by atoms with E-state index in [1.807, 2.05) is 24.4 Å². The molecule has 0 aliphatic heterocycles. The fourth-order valence-electron chi connectivity index (χ4n) is 1.94. The van der Waals surface area contributed by atoms with Crippen molar-refractivity contribution in [2.75, 3.05) is 0 Å². The van der Waals surface area contributed by atoms with E-state index < -0.39 is 22.2 Å². The molecule has 0 aliphatic carbocycles. The summed E-state index contributed by atoms with van der Waals surface area (Å²) >= 11 is 1.63. The van der Waals surface area contributed by atoms with Crippen LogP contribution >= 0.6 is 11.3 Å². The van der Waals surface area contributed by atoms with E-state index >= 15 is 0 Å². The topological polar surface area (TPSA) is 55.2 Å². The van der Waals surface area contributed by atoms with Gasteiger partial charge in [-0.3, -0.25) is 10.1 Å². The Kier molecular flexibility index (Phi) is 4.98. The molecule has 2 aromatic rings. The normalized spacial score (nSPS) is 12.3. The smallest absolute Gasteiger partial charge is 0.305 e. The molecule has 0 fully saturated rings. The van der Waals surface area contributed by atoms with Gasteiger partial charge in [0.05, 0.1) is 4.92 Å². The lowest BCUT2D eigenvalue weighted by Crippen LogP contribution is -2.27. The van der Waals surface area contributed by atoms with Crippen LogP contribution in [-0.2, 0) is 13.0 Å². The fraction of sp³-hybridized carbons (Fsp3) is 0.286. The van der Waals surface area contributed by atoms with Crippen molar-refractivity contribution in [3.63, 3.8) is 0 Å². The van der Waals surface area contributed by atoms with E-state index in [4.69, 9.17) is 0 Å². The summed E-state index contributed by atoms with van der Waals surface area (Å²) in [7, 11) is 0. The summed E-state index contributed by atoms with van der Waals surface area (Å²) in [5.41, 5.74) is -0.625. The summed E-state index contributed by atoms with van der Waals surface area (Å²) in [5, 5.41) is 15.7. The molecule has 0 aliphatic rings. The van der Waals surface area contributed by atoms with Crippen LogP contribution in [0.5, 0.6) is 0 Å². The summed E-state index contributed by atoms with van der Waals surface area (Å²) in [6.45, 7) is 2.05. The van der Waals surface area contributed by atoms with E-state index in [9.17, 15) is 18.9 Å². The lowest BCUT2D eigenvalue weighted by atomic mass is 10.1. The van der Waals surface area contributed by atoms with Crippen molar-refractivity contribution >= 4 is 17.0 Å². The number of nitrogens with one attached hydrogen (secondary N) is 1. The molecule has 0 bridgehead atoms. The highest BCUT2D eigenvalue weighted by Crippen LogP contribution is 2.21. The van der Waals surface area contributed by atoms with Gasteiger partial charge in [0.15, 0.2) is 0 Å². The van der Waals surface area contributed by atoms with E-state index in [0.717, 1.165) is 12.5 Å². The van der Waals surface area contributed by atoms with E-state index in [-0.39, 0.29) is 18.2 Å². The molecular formula is C14H14F2N2O2S. The first-order chi connectivity index (χ1) is 9.97. The van der Waals surface area contributed by atoms with Crippen LogP contribution in [0.25, 0.3) is 0 Å². The largest absolute Gasteiger partial charge is 0.310 e. The van der Waals surface area contributed by atoms with Crippen LogP contribution in [0.15, 0.2) is 29.6 Å². The molecular weight excluding hydrogens is 298 g/mol. The second kappa shape index (κ2) is 6.73. The third-order valence-electron chi connectivity index (χ3n) is 3.04. The lowest BCUT2D eigenvalue weighted by molar-refractivity contribution is -0.387. The van der Waals surface area contributed by atoms with Crippen molar-refractivity contribution in [3.8, 4) is 0 Å². The Morgan fingerprint density at radius 3 is 2.76 bits per heavy atom. The van der Waals surface area contributed by atoms with E-state index in [1.165, 1.54) is 4.88 Å². The Balaban J connectivity index is 2.02. The number of benzene rings is 1. The predicted octanol–water partition coefficient (Wildman–Crippen LogP) is 3.66. The van der Waals surface area contributed by atoms with Crippen LogP contribution < -0.4 is 5.32 Å². The molecule has 0 amide bonds. The van der Waals surface area contributed by atoms with E-state index in [0.29, 0.717) is 6.07 Å². The van der Waals surface area contributed by atoms with Crippen molar-refractivity contribution in [1.29, 1.82) is 0 Å². The highest BCUT2D eigenvalue weighted by atomic mass is 32.1. The molecule has 1 aromatic carbocycles. The van der Waals surface area contributed by atoms with Gasteiger partial charge in [-0.05, 0) is 24.8 Å². The minimum atomic E-state index is -1.16. The average Bonchev–Trinajstić information content (AvgIpc) is 2.90. The maximum atomic E-state index is 13.6. The number of hydrogen-bond acceptors (Lipinski definition) is 4.